The summed E-state index contributed by atoms with van der Waals surface area (Å²) in [4.78, 5) is 165. The molecule has 95 heavy (non-hydrogen) atoms. The zero-order chi connectivity index (χ0) is 70.8. The fourth-order valence-corrected chi connectivity index (χ4v) is 12.9. The van der Waals surface area contributed by atoms with Gasteiger partial charge in [-0.25, -0.2) is 4.79 Å². The van der Waals surface area contributed by atoms with E-state index in [1.54, 1.807) is 70.8 Å². The molecule has 23 nitrogen and oxygen atoms in total. The lowest BCUT2D eigenvalue weighted by Gasteiger charge is -2.41. The average Bonchev–Trinajstić information content (AvgIpc) is 1.81. The number of aliphatic carboxylic acids is 1. The van der Waals surface area contributed by atoms with Crippen molar-refractivity contribution in [2.45, 2.75) is 214 Å². The molecule has 8 amide bonds. The van der Waals surface area contributed by atoms with Crippen LogP contribution in [0.25, 0.3) is 0 Å². The van der Waals surface area contributed by atoms with E-state index in [1.165, 1.54) is 43.2 Å². The van der Waals surface area contributed by atoms with E-state index in [1.807, 2.05) is 58.0 Å². The SMILES string of the molecule is CC[C@@H](C)C([C@@H](CC(=O)N1CCC[C@H]1[C@H](OC)[C@@H](C)C(=O)C[C@@H](Cc1ccccc1)C(=O)O)OC)N(C)C(=O)[C@@H](NC(=O)C(C(C)C)N(C)C(=O)OCc1ccc(CC(=O)[C@H](CCCCC(N)=O)NC(=O)[C@@H](CC(=O)CCCCCN2C(=O)C=CC2=O)C(C)C)cc1)C(C)C. The minimum Gasteiger partial charge on any atom is -0.481 e. The van der Waals surface area contributed by atoms with Crippen molar-refractivity contribution in [2.75, 3.05) is 41.4 Å². The van der Waals surface area contributed by atoms with Crippen molar-refractivity contribution >= 4 is 70.8 Å². The first-order valence-electron chi connectivity index (χ1n) is 33.8. The fourth-order valence-electron chi connectivity index (χ4n) is 12.9. The second-order valence-electron chi connectivity index (χ2n) is 26.9. The lowest BCUT2D eigenvalue weighted by atomic mass is 9.85. The smallest absolute Gasteiger partial charge is 0.410 e. The Morgan fingerprint density at radius 1 is 0.695 bits per heavy atom. The van der Waals surface area contributed by atoms with E-state index >= 15 is 0 Å². The van der Waals surface area contributed by atoms with Crippen LogP contribution in [0.5, 0.6) is 0 Å². The molecule has 11 atom stereocenters. The highest BCUT2D eigenvalue weighted by atomic mass is 16.6. The number of carboxylic acid groups (broad SMARTS) is 1. The maximum atomic E-state index is 14.8. The Bertz CT molecular complexity index is 2930. The molecule has 526 valence electrons. The third-order valence-corrected chi connectivity index (χ3v) is 18.8. The fraction of sp³-hybridized carbons (Fsp3) is 0.639. The van der Waals surface area contributed by atoms with Crippen LogP contribution in [0.15, 0.2) is 66.7 Å². The van der Waals surface area contributed by atoms with E-state index < -0.39 is 108 Å². The van der Waals surface area contributed by atoms with Gasteiger partial charge in [0.1, 0.15) is 30.3 Å². The number of primary amides is 1. The Kier molecular flexibility index (Phi) is 33.1. The number of hydrogen-bond acceptors (Lipinski definition) is 15. The molecule has 0 spiro atoms. The van der Waals surface area contributed by atoms with Gasteiger partial charge in [0.25, 0.3) is 11.8 Å². The van der Waals surface area contributed by atoms with Crippen LogP contribution in [-0.4, -0.2) is 179 Å². The molecule has 5 N–H and O–H groups in total. The van der Waals surface area contributed by atoms with Gasteiger partial charge in [-0.1, -0.05) is 136 Å². The summed E-state index contributed by atoms with van der Waals surface area (Å²) in [6.45, 7) is 16.9. The van der Waals surface area contributed by atoms with E-state index in [0.29, 0.717) is 69.0 Å². The van der Waals surface area contributed by atoms with Crippen LogP contribution in [-0.2, 0) is 86.4 Å². The quantitative estimate of drug-likeness (QED) is 0.0367. The molecule has 2 heterocycles. The molecule has 0 radical (unpaired) electrons. The number of ketones is 3. The number of carboxylic acids is 1. The minimum atomic E-state index is -1.08. The minimum absolute atomic E-state index is 0.0300. The number of nitrogens with zero attached hydrogens (tertiary/aromatic N) is 4. The van der Waals surface area contributed by atoms with Gasteiger partial charge in [-0.2, -0.15) is 0 Å². The third kappa shape index (κ3) is 24.2. The predicted octanol–water partition coefficient (Wildman–Crippen LogP) is 7.60. The molecular formula is C72H107N7O16. The Morgan fingerprint density at radius 2 is 1.33 bits per heavy atom. The van der Waals surface area contributed by atoms with Crippen molar-refractivity contribution in [3.8, 4) is 0 Å². The monoisotopic (exact) mass is 1330 g/mol. The molecule has 2 aliphatic heterocycles. The largest absolute Gasteiger partial charge is 0.481 e. The molecule has 2 aliphatic rings. The molecule has 2 aromatic rings. The van der Waals surface area contributed by atoms with E-state index in [9.17, 15) is 62.6 Å². The number of carbonyl (C=O) groups is 12. The Balaban J connectivity index is 1.38. The van der Waals surface area contributed by atoms with Crippen LogP contribution in [0.3, 0.4) is 0 Å². The first-order valence-corrected chi connectivity index (χ1v) is 33.8. The number of imide groups is 1. The number of amides is 8. The van der Waals surface area contributed by atoms with Gasteiger partial charge in [0.15, 0.2) is 5.78 Å². The molecule has 1 fully saturated rings. The topological polar surface area (TPSA) is 316 Å². The number of hydrogen-bond donors (Lipinski definition) is 4. The second-order valence-corrected chi connectivity index (χ2v) is 26.9. The summed E-state index contributed by atoms with van der Waals surface area (Å²) in [5.41, 5.74) is 7.37. The number of carbonyl (C=O) groups excluding carboxylic acids is 11. The van der Waals surface area contributed by atoms with Crippen molar-refractivity contribution in [2.24, 2.45) is 47.2 Å². The molecule has 1 saturated heterocycles. The van der Waals surface area contributed by atoms with E-state index in [-0.39, 0.29) is 111 Å². The first kappa shape index (κ1) is 79.8. The zero-order valence-electron chi connectivity index (χ0n) is 58.3. The van der Waals surface area contributed by atoms with Gasteiger partial charge < -0.3 is 45.5 Å². The van der Waals surface area contributed by atoms with E-state index in [4.69, 9.17) is 19.9 Å². The number of nitrogens with two attached hydrogens (primary N) is 1. The van der Waals surface area contributed by atoms with Crippen molar-refractivity contribution in [1.29, 1.82) is 0 Å². The van der Waals surface area contributed by atoms with E-state index in [0.717, 1.165) is 10.5 Å². The zero-order valence-corrected chi connectivity index (χ0v) is 58.3. The standard InChI is InChI=1S/C72H107N7O16/c1-14-47(8)66(59(93-12)42-63(86)78-37-23-28-56(78)67(94-13)48(9)57(81)40-52(71(90)91)38-49-24-17-15-18-25-49)76(10)70(89)64(45(4)5)75-69(88)65(46(6)7)77(11)72(92)95-43-51-32-30-50(31-33-51)39-58(82)55(27-20-21-29-60(73)83)74-68(87)54(44(2)3)41-53(80)26-19-16-22-36-79-61(84)34-35-62(79)85/h15,17-18,24-25,30-35,44-48,52,54-56,59,64-67H,14,16,19-23,26-29,36-43H2,1-13H3,(H2,73,83)(H,74,87)(H,75,88)(H,90,91)/t47-,48+,52-,54+,55+,56+,59-,64+,65?,66?,67-/m1/s1. The molecule has 0 aliphatic carbocycles. The molecule has 4 rings (SSSR count). The highest BCUT2D eigenvalue weighted by Crippen LogP contribution is 2.32. The summed E-state index contributed by atoms with van der Waals surface area (Å²) >= 11 is 0. The van der Waals surface area contributed by atoms with Crippen LogP contribution in [0.4, 0.5) is 4.79 Å². The van der Waals surface area contributed by atoms with Gasteiger partial charge >= 0.3 is 12.1 Å². The van der Waals surface area contributed by atoms with Crippen LogP contribution in [0.1, 0.15) is 169 Å². The molecule has 23 heteroatoms. The van der Waals surface area contributed by atoms with Crippen LogP contribution < -0.4 is 16.4 Å². The van der Waals surface area contributed by atoms with Crippen molar-refractivity contribution in [1.82, 2.24) is 30.2 Å². The van der Waals surface area contributed by atoms with Crippen LogP contribution in [0.2, 0.25) is 0 Å². The Labute approximate surface area is 561 Å². The summed E-state index contributed by atoms with van der Waals surface area (Å²) in [5, 5.41) is 15.9. The van der Waals surface area contributed by atoms with Crippen molar-refractivity contribution in [3.05, 3.63) is 83.4 Å². The molecule has 0 aromatic heterocycles. The highest BCUT2D eigenvalue weighted by molar-refractivity contribution is 6.12. The van der Waals surface area contributed by atoms with Gasteiger partial charge in [-0.3, -0.25) is 62.5 Å². The van der Waals surface area contributed by atoms with Gasteiger partial charge in [0.05, 0.1) is 42.7 Å². The Hall–Kier alpha value is -7.66. The summed E-state index contributed by atoms with van der Waals surface area (Å²) in [6.07, 6.45) is 4.79. The van der Waals surface area contributed by atoms with Crippen LogP contribution >= 0.6 is 0 Å². The molecular weight excluding hydrogens is 1220 g/mol. The number of methoxy groups -OCH3 is 2. The lowest BCUT2D eigenvalue weighted by molar-refractivity contribution is -0.148. The van der Waals surface area contributed by atoms with Gasteiger partial charge in [-0.05, 0) is 85.3 Å². The second kappa shape index (κ2) is 39.4. The molecule has 2 unspecified atom stereocenters. The first-order chi connectivity index (χ1) is 44.9. The molecule has 2 aromatic carbocycles. The average molecular weight is 1330 g/mol. The number of rotatable bonds is 43. The van der Waals surface area contributed by atoms with Crippen molar-refractivity contribution < 1.29 is 76.9 Å². The molecule has 0 bridgehead atoms. The third-order valence-electron chi connectivity index (χ3n) is 18.8. The van der Waals surface area contributed by atoms with Gasteiger partial charge in [-0.15, -0.1) is 0 Å². The van der Waals surface area contributed by atoms with Gasteiger partial charge in [0.2, 0.25) is 29.5 Å². The highest BCUT2D eigenvalue weighted by Gasteiger charge is 2.44. The maximum absolute atomic E-state index is 14.8. The maximum Gasteiger partial charge on any atom is 0.410 e. The summed E-state index contributed by atoms with van der Waals surface area (Å²) < 4.78 is 17.8. The number of likely N-dealkylation sites (N-methyl/N-ethyl adjacent to an activating group) is 2. The number of ether oxygens (including phenoxy) is 3. The lowest BCUT2D eigenvalue weighted by Crippen LogP contribution is -2.60. The Morgan fingerprint density at radius 3 is 1.89 bits per heavy atom. The van der Waals surface area contributed by atoms with Gasteiger partial charge in [0, 0.05) is 97.5 Å². The summed E-state index contributed by atoms with van der Waals surface area (Å²) in [5.74, 6) is -8.34. The number of unbranched alkanes of at least 4 members (excludes halogenated alkanes) is 3. The summed E-state index contributed by atoms with van der Waals surface area (Å²) in [6, 6.07) is 11.7. The van der Waals surface area contributed by atoms with E-state index in [2.05, 4.69) is 10.6 Å². The number of Topliss-reactive ketones (excluding diaryl/α,β-unsaturated/α-hetero) is 3. The molecule has 0 saturated carbocycles. The number of benzene rings is 2. The number of likely N-dealkylation sites (tertiary alicyclic amines) is 1. The summed E-state index contributed by atoms with van der Waals surface area (Å²) in [7, 11) is 6.04. The number of nitrogens with one attached hydrogen (secondary N) is 2. The van der Waals surface area contributed by atoms with Crippen LogP contribution in [0, 0.1) is 41.4 Å². The predicted molar refractivity (Wildman–Crippen MR) is 357 cm³/mol. The van der Waals surface area contributed by atoms with Crippen molar-refractivity contribution in [3.63, 3.8) is 0 Å². The normalized spacial score (nSPS) is 17.1.